The van der Waals surface area contributed by atoms with Gasteiger partial charge in [0.2, 0.25) is 0 Å². The highest BCUT2D eigenvalue weighted by Gasteiger charge is 2.22. The van der Waals surface area contributed by atoms with Crippen molar-refractivity contribution in [1.82, 2.24) is 5.32 Å². The number of benzene rings is 2. The number of phenolic OH excluding ortho intramolecular Hbond substituents is 3. The SMILES string of the molecule is Oc1cccc(C2CNCCc3cc(O)c(O)cc32)c1. The lowest BCUT2D eigenvalue weighted by molar-refractivity contribution is 0.402. The Kier molecular flexibility index (Phi) is 3.24. The lowest BCUT2D eigenvalue weighted by atomic mass is 9.87. The molecule has 4 nitrogen and oxygen atoms in total. The van der Waals surface area contributed by atoms with Gasteiger partial charge in [0.05, 0.1) is 0 Å². The van der Waals surface area contributed by atoms with Gasteiger partial charge in [0.1, 0.15) is 5.75 Å². The lowest BCUT2D eigenvalue weighted by Gasteiger charge is -2.19. The minimum atomic E-state index is -0.101. The minimum Gasteiger partial charge on any atom is -0.508 e. The molecule has 2 aromatic carbocycles. The number of fused-ring (bicyclic) bond motifs is 1. The van der Waals surface area contributed by atoms with Gasteiger partial charge in [0.15, 0.2) is 11.5 Å². The maximum Gasteiger partial charge on any atom is 0.157 e. The molecule has 4 N–H and O–H groups in total. The third-order valence-corrected chi connectivity index (χ3v) is 3.80. The molecule has 20 heavy (non-hydrogen) atoms. The molecule has 0 saturated heterocycles. The summed E-state index contributed by atoms with van der Waals surface area (Å²) in [5.74, 6) is 0.0958. The van der Waals surface area contributed by atoms with Crippen LogP contribution >= 0.6 is 0 Å². The van der Waals surface area contributed by atoms with Crippen molar-refractivity contribution in [1.29, 1.82) is 0 Å². The molecule has 0 saturated carbocycles. The molecule has 0 aromatic heterocycles. The molecule has 3 rings (SSSR count). The van der Waals surface area contributed by atoms with Crippen molar-refractivity contribution in [2.45, 2.75) is 12.3 Å². The maximum atomic E-state index is 9.77. The molecule has 0 spiro atoms. The Labute approximate surface area is 117 Å². The van der Waals surface area contributed by atoms with Crippen molar-refractivity contribution < 1.29 is 15.3 Å². The van der Waals surface area contributed by atoms with Crippen molar-refractivity contribution in [3.8, 4) is 17.2 Å². The van der Waals surface area contributed by atoms with Crippen molar-refractivity contribution >= 4 is 0 Å². The van der Waals surface area contributed by atoms with Gasteiger partial charge >= 0.3 is 0 Å². The van der Waals surface area contributed by atoms with Crippen LogP contribution in [-0.4, -0.2) is 28.4 Å². The van der Waals surface area contributed by atoms with Gasteiger partial charge in [0.25, 0.3) is 0 Å². The Balaban J connectivity index is 2.11. The van der Waals surface area contributed by atoms with E-state index in [-0.39, 0.29) is 23.2 Å². The summed E-state index contributed by atoms with van der Waals surface area (Å²) in [4.78, 5) is 0. The summed E-state index contributed by atoms with van der Waals surface area (Å²) < 4.78 is 0. The highest BCUT2D eigenvalue weighted by molar-refractivity contribution is 5.50. The first-order chi connectivity index (χ1) is 9.65. The largest absolute Gasteiger partial charge is 0.508 e. The Morgan fingerprint density at radius 1 is 1.00 bits per heavy atom. The van der Waals surface area contributed by atoms with Crippen molar-refractivity contribution in [2.24, 2.45) is 0 Å². The molecular weight excluding hydrogens is 254 g/mol. The van der Waals surface area contributed by atoms with E-state index in [1.807, 2.05) is 12.1 Å². The minimum absolute atomic E-state index is 0.0473. The van der Waals surface area contributed by atoms with Crippen LogP contribution in [0.15, 0.2) is 36.4 Å². The van der Waals surface area contributed by atoms with E-state index in [0.29, 0.717) is 0 Å². The van der Waals surface area contributed by atoms with E-state index in [0.717, 1.165) is 36.2 Å². The number of aromatic hydroxyl groups is 3. The van der Waals surface area contributed by atoms with Crippen LogP contribution in [0.2, 0.25) is 0 Å². The van der Waals surface area contributed by atoms with Crippen LogP contribution in [0.4, 0.5) is 0 Å². The van der Waals surface area contributed by atoms with Crippen LogP contribution in [0.5, 0.6) is 17.2 Å². The van der Waals surface area contributed by atoms with Gasteiger partial charge < -0.3 is 20.6 Å². The van der Waals surface area contributed by atoms with Gasteiger partial charge in [-0.15, -0.1) is 0 Å². The average Bonchev–Trinajstić information content (AvgIpc) is 2.62. The van der Waals surface area contributed by atoms with E-state index in [9.17, 15) is 15.3 Å². The molecule has 0 radical (unpaired) electrons. The van der Waals surface area contributed by atoms with Crippen LogP contribution in [0.1, 0.15) is 22.6 Å². The summed E-state index contributed by atoms with van der Waals surface area (Å²) >= 11 is 0. The smallest absolute Gasteiger partial charge is 0.157 e. The zero-order chi connectivity index (χ0) is 14.1. The first-order valence-corrected chi connectivity index (χ1v) is 6.69. The van der Waals surface area contributed by atoms with Gasteiger partial charge in [-0.25, -0.2) is 0 Å². The maximum absolute atomic E-state index is 9.77. The Hall–Kier alpha value is -2.20. The highest BCUT2D eigenvalue weighted by Crippen LogP contribution is 2.36. The Morgan fingerprint density at radius 3 is 2.60 bits per heavy atom. The highest BCUT2D eigenvalue weighted by atomic mass is 16.3. The first kappa shape index (κ1) is 12.8. The molecule has 0 fully saturated rings. The van der Waals surface area contributed by atoms with E-state index in [4.69, 9.17) is 0 Å². The topological polar surface area (TPSA) is 72.7 Å². The second-order valence-electron chi connectivity index (χ2n) is 5.14. The normalized spacial score (nSPS) is 18.3. The third-order valence-electron chi connectivity index (χ3n) is 3.80. The van der Waals surface area contributed by atoms with Gasteiger partial charge in [-0.1, -0.05) is 12.1 Å². The van der Waals surface area contributed by atoms with Crippen molar-refractivity contribution in [2.75, 3.05) is 13.1 Å². The fraction of sp³-hybridized carbons (Fsp3) is 0.250. The van der Waals surface area contributed by atoms with Crippen LogP contribution < -0.4 is 5.32 Å². The summed E-state index contributed by atoms with van der Waals surface area (Å²) in [5.41, 5.74) is 3.01. The van der Waals surface area contributed by atoms with Crippen molar-refractivity contribution in [3.63, 3.8) is 0 Å². The summed E-state index contributed by atoms with van der Waals surface area (Å²) in [6.07, 6.45) is 0.804. The Morgan fingerprint density at radius 2 is 1.80 bits per heavy atom. The van der Waals surface area contributed by atoms with Crippen LogP contribution in [0.25, 0.3) is 0 Å². The molecule has 0 aliphatic carbocycles. The number of hydrogen-bond donors (Lipinski definition) is 4. The van der Waals surface area contributed by atoms with E-state index >= 15 is 0 Å². The van der Waals surface area contributed by atoms with Crippen LogP contribution in [-0.2, 0) is 6.42 Å². The van der Waals surface area contributed by atoms with E-state index in [1.54, 1.807) is 24.3 Å². The molecule has 1 aliphatic heterocycles. The molecule has 0 bridgehead atoms. The molecule has 1 unspecified atom stereocenters. The quantitative estimate of drug-likeness (QED) is 0.599. The summed E-state index contributed by atoms with van der Waals surface area (Å²) in [7, 11) is 0. The third kappa shape index (κ3) is 2.30. The van der Waals surface area contributed by atoms with E-state index in [1.165, 1.54) is 0 Å². The van der Waals surface area contributed by atoms with Crippen LogP contribution in [0.3, 0.4) is 0 Å². The van der Waals surface area contributed by atoms with Gasteiger partial charge in [-0.2, -0.15) is 0 Å². The number of rotatable bonds is 1. The molecule has 4 heteroatoms. The molecule has 2 aromatic rings. The molecule has 1 heterocycles. The molecule has 1 aliphatic rings. The zero-order valence-corrected chi connectivity index (χ0v) is 11.0. The molecule has 1 atom stereocenters. The zero-order valence-electron chi connectivity index (χ0n) is 11.0. The molecule has 104 valence electrons. The van der Waals surface area contributed by atoms with Gasteiger partial charge in [-0.05, 0) is 53.9 Å². The lowest BCUT2D eigenvalue weighted by Crippen LogP contribution is -2.20. The predicted octanol–water partition coefficient (Wildman–Crippen LogP) is 2.08. The monoisotopic (exact) mass is 271 g/mol. The van der Waals surface area contributed by atoms with Gasteiger partial charge in [-0.3, -0.25) is 0 Å². The van der Waals surface area contributed by atoms with E-state index in [2.05, 4.69) is 5.32 Å². The standard InChI is InChI=1S/C16H17NO3/c18-12-3-1-2-10(6-12)14-9-17-5-4-11-7-15(19)16(20)8-13(11)14/h1-3,6-8,14,17-20H,4-5,9H2. The number of nitrogens with one attached hydrogen (secondary N) is 1. The van der Waals surface area contributed by atoms with E-state index < -0.39 is 0 Å². The van der Waals surface area contributed by atoms with Crippen molar-refractivity contribution in [3.05, 3.63) is 53.1 Å². The summed E-state index contributed by atoms with van der Waals surface area (Å²) in [5, 5.41) is 32.4. The number of hydrogen-bond acceptors (Lipinski definition) is 4. The molecular formula is C16H17NO3. The van der Waals surface area contributed by atoms with Gasteiger partial charge in [0, 0.05) is 12.5 Å². The number of phenols is 3. The fourth-order valence-electron chi connectivity index (χ4n) is 2.80. The summed E-state index contributed by atoms with van der Waals surface area (Å²) in [6, 6.07) is 10.4. The Bertz CT molecular complexity index is 640. The first-order valence-electron chi connectivity index (χ1n) is 6.69. The average molecular weight is 271 g/mol. The second kappa shape index (κ2) is 5.06. The van der Waals surface area contributed by atoms with Crippen LogP contribution in [0, 0.1) is 0 Å². The summed E-state index contributed by atoms with van der Waals surface area (Å²) in [6.45, 7) is 1.56. The fourth-order valence-corrected chi connectivity index (χ4v) is 2.80. The molecule has 0 amide bonds. The predicted molar refractivity (Wildman–Crippen MR) is 76.3 cm³/mol. The second-order valence-corrected chi connectivity index (χ2v) is 5.14.